The van der Waals surface area contributed by atoms with E-state index in [-0.39, 0.29) is 29.9 Å². The van der Waals surface area contributed by atoms with Crippen LogP contribution in [0, 0.1) is 0 Å². The fourth-order valence-electron chi connectivity index (χ4n) is 6.77. The number of unbranched alkanes of at least 4 members (excludes halogenated alkanes) is 2. The highest BCUT2D eigenvalue weighted by Gasteiger charge is 2.45. The number of fused-ring (bicyclic) bond motifs is 2. The number of imide groups is 2. The van der Waals surface area contributed by atoms with Crippen molar-refractivity contribution in [2.75, 3.05) is 42.9 Å². The third-order valence-electron chi connectivity index (χ3n) is 9.39. The van der Waals surface area contributed by atoms with E-state index in [9.17, 15) is 24.0 Å². The van der Waals surface area contributed by atoms with Gasteiger partial charge in [0.2, 0.25) is 17.7 Å². The molecule has 1 aromatic carbocycles. The third-order valence-corrected chi connectivity index (χ3v) is 9.39. The molecule has 15 heteroatoms. The number of carbonyl (C=O) groups excluding carboxylic acids is 5. The smallest absolute Gasteiger partial charge is 0.264 e. The minimum atomic E-state index is -1.00. The first-order chi connectivity index (χ1) is 23.9. The van der Waals surface area contributed by atoms with Crippen molar-refractivity contribution < 1.29 is 28.4 Å². The summed E-state index contributed by atoms with van der Waals surface area (Å²) in [5.41, 5.74) is 2.67. The van der Waals surface area contributed by atoms with Crippen LogP contribution >= 0.6 is 0 Å². The zero-order valence-electron chi connectivity index (χ0n) is 27.0. The summed E-state index contributed by atoms with van der Waals surface area (Å²) in [4.78, 5) is 73.0. The molecule has 1 atom stereocenters. The number of nitrogens with zero attached hydrogens (tertiary/aromatic N) is 7. The average molecular weight is 668 g/mol. The Hall–Kier alpha value is -5.60. The van der Waals surface area contributed by atoms with Crippen LogP contribution < -0.4 is 15.5 Å². The molecule has 3 aliphatic rings. The van der Waals surface area contributed by atoms with Gasteiger partial charge in [0.25, 0.3) is 11.8 Å². The van der Waals surface area contributed by atoms with E-state index in [1.807, 2.05) is 27.6 Å². The van der Waals surface area contributed by atoms with Crippen molar-refractivity contribution in [1.29, 1.82) is 0 Å². The summed E-state index contributed by atoms with van der Waals surface area (Å²) in [6, 6.07) is 7.83. The summed E-state index contributed by atoms with van der Waals surface area (Å²) >= 11 is 0. The van der Waals surface area contributed by atoms with E-state index in [2.05, 4.69) is 25.7 Å². The molecule has 3 aromatic heterocycles. The quantitative estimate of drug-likeness (QED) is 0.167. The molecule has 0 saturated carbocycles. The SMILES string of the molecule is O=C1CCC(N2C(=O)c3cccc(NCCCCCC(=O)N4CCN(c5cnc(CCc6ccco6)n6cnnc56)CC4)c3C2=O)C(=O)N1. The van der Waals surface area contributed by atoms with Crippen molar-refractivity contribution >= 4 is 46.6 Å². The van der Waals surface area contributed by atoms with Gasteiger partial charge in [-0.25, -0.2) is 4.98 Å². The number of nitrogens with one attached hydrogen (secondary N) is 2. The molecule has 0 radical (unpaired) electrons. The summed E-state index contributed by atoms with van der Waals surface area (Å²) in [5.74, 6) is -0.226. The number of piperazine rings is 1. The predicted octanol–water partition coefficient (Wildman–Crippen LogP) is 2.22. The van der Waals surface area contributed by atoms with E-state index >= 15 is 0 Å². The Kier molecular flexibility index (Phi) is 9.05. The first kappa shape index (κ1) is 32.0. The molecule has 6 heterocycles. The topological polar surface area (TPSA) is 175 Å². The Balaban J connectivity index is 0.850. The second kappa shape index (κ2) is 13.9. The number of benzene rings is 1. The number of anilines is 2. The van der Waals surface area contributed by atoms with Gasteiger partial charge in [0, 0.05) is 64.1 Å². The van der Waals surface area contributed by atoms with Gasteiger partial charge in [-0.2, -0.15) is 0 Å². The Morgan fingerprint density at radius 3 is 2.63 bits per heavy atom. The Bertz CT molecular complexity index is 1900. The van der Waals surface area contributed by atoms with Gasteiger partial charge < -0.3 is 19.5 Å². The summed E-state index contributed by atoms with van der Waals surface area (Å²) < 4.78 is 7.37. The van der Waals surface area contributed by atoms with Gasteiger partial charge in [-0.15, -0.1) is 10.2 Å². The number of piperidine rings is 1. The fourth-order valence-corrected chi connectivity index (χ4v) is 6.77. The number of aryl methyl sites for hydroxylation is 2. The first-order valence-corrected chi connectivity index (χ1v) is 16.7. The van der Waals surface area contributed by atoms with E-state index < -0.39 is 29.7 Å². The maximum absolute atomic E-state index is 13.3. The molecule has 2 N–H and O–H groups in total. The fraction of sp³-hybridized carbons (Fsp3) is 0.412. The highest BCUT2D eigenvalue weighted by Crippen LogP contribution is 2.32. The number of furan rings is 1. The van der Waals surface area contributed by atoms with Crippen LogP contribution in [0.25, 0.3) is 5.65 Å². The molecule has 2 saturated heterocycles. The van der Waals surface area contributed by atoms with Crippen LogP contribution in [0.3, 0.4) is 0 Å². The van der Waals surface area contributed by atoms with Gasteiger partial charge in [0.1, 0.15) is 29.6 Å². The first-order valence-electron chi connectivity index (χ1n) is 16.7. The van der Waals surface area contributed by atoms with Crippen molar-refractivity contribution in [3.63, 3.8) is 0 Å². The molecule has 0 spiro atoms. The van der Waals surface area contributed by atoms with Crippen LogP contribution in [-0.4, -0.2) is 97.7 Å². The van der Waals surface area contributed by atoms with Crippen LogP contribution in [0.1, 0.15) is 70.8 Å². The predicted molar refractivity (Wildman–Crippen MR) is 176 cm³/mol. The standard InChI is InChI=1S/C34H37N9O6/c44-28-13-11-25(32(46)38-28)43-33(47)23-7-4-8-24(30(23)34(43)48)35-14-3-1-2-9-29(45)41-17-15-40(16-18-41)26-20-36-27(42-21-37-39-31(26)42)12-10-22-6-5-19-49-22/h4-8,19-21,25,35H,1-3,9-18H2,(H,38,44,46). The van der Waals surface area contributed by atoms with Crippen molar-refractivity contribution in [3.05, 3.63) is 71.8 Å². The monoisotopic (exact) mass is 667 g/mol. The number of carbonyl (C=O) groups is 5. The van der Waals surface area contributed by atoms with E-state index in [1.54, 1.807) is 30.8 Å². The number of aromatic nitrogens is 4. The van der Waals surface area contributed by atoms with Crippen LogP contribution in [0.5, 0.6) is 0 Å². The molecule has 15 nitrogen and oxygen atoms in total. The van der Waals surface area contributed by atoms with Gasteiger partial charge in [-0.05, 0) is 43.5 Å². The molecular formula is C34H37N9O6. The van der Waals surface area contributed by atoms with E-state index in [1.165, 1.54) is 0 Å². The maximum atomic E-state index is 13.3. The Morgan fingerprint density at radius 2 is 1.84 bits per heavy atom. The maximum Gasteiger partial charge on any atom is 0.264 e. The highest BCUT2D eigenvalue weighted by atomic mass is 16.3. The molecule has 1 unspecified atom stereocenters. The lowest BCUT2D eigenvalue weighted by Crippen LogP contribution is -2.54. The zero-order chi connectivity index (χ0) is 33.9. The normalized spacial score (nSPS) is 18.0. The molecule has 49 heavy (non-hydrogen) atoms. The van der Waals surface area contributed by atoms with Crippen LogP contribution in [0.4, 0.5) is 11.4 Å². The van der Waals surface area contributed by atoms with Gasteiger partial charge in [0.05, 0.1) is 23.6 Å². The summed E-state index contributed by atoms with van der Waals surface area (Å²) in [7, 11) is 0. The number of hydrogen-bond donors (Lipinski definition) is 2. The number of amides is 5. The van der Waals surface area contributed by atoms with E-state index in [0.29, 0.717) is 51.3 Å². The molecule has 0 aliphatic carbocycles. The molecule has 4 aromatic rings. The van der Waals surface area contributed by atoms with Gasteiger partial charge >= 0.3 is 0 Å². The number of hydrogen-bond acceptors (Lipinski definition) is 11. The van der Waals surface area contributed by atoms with Crippen LogP contribution in [0.2, 0.25) is 0 Å². The zero-order valence-corrected chi connectivity index (χ0v) is 27.0. The molecule has 0 bridgehead atoms. The minimum absolute atomic E-state index is 0.0710. The molecular weight excluding hydrogens is 630 g/mol. The highest BCUT2D eigenvalue weighted by molar-refractivity contribution is 6.25. The van der Waals surface area contributed by atoms with Crippen LogP contribution in [0.15, 0.2) is 53.5 Å². The van der Waals surface area contributed by atoms with Crippen LogP contribution in [-0.2, 0) is 27.2 Å². The second-order valence-electron chi connectivity index (χ2n) is 12.4. The number of rotatable bonds is 12. The van der Waals surface area contributed by atoms with E-state index in [4.69, 9.17) is 9.40 Å². The lowest BCUT2D eigenvalue weighted by Gasteiger charge is -2.36. The largest absolute Gasteiger partial charge is 0.469 e. The lowest BCUT2D eigenvalue weighted by molar-refractivity contribution is -0.136. The molecule has 254 valence electrons. The summed E-state index contributed by atoms with van der Waals surface area (Å²) in [6.07, 6.45) is 9.57. The Morgan fingerprint density at radius 1 is 0.980 bits per heavy atom. The summed E-state index contributed by atoms with van der Waals surface area (Å²) in [6.45, 7) is 3.13. The molecule has 7 rings (SSSR count). The molecule has 5 amide bonds. The lowest BCUT2D eigenvalue weighted by atomic mass is 10.0. The van der Waals surface area contributed by atoms with Gasteiger partial charge in [0.15, 0.2) is 5.65 Å². The molecule has 3 aliphatic heterocycles. The van der Waals surface area contributed by atoms with Gasteiger partial charge in [-0.3, -0.25) is 38.6 Å². The van der Waals surface area contributed by atoms with Crippen molar-refractivity contribution in [2.45, 2.75) is 57.4 Å². The minimum Gasteiger partial charge on any atom is -0.469 e. The Labute approximate surface area is 281 Å². The van der Waals surface area contributed by atoms with Crippen molar-refractivity contribution in [2.24, 2.45) is 0 Å². The van der Waals surface area contributed by atoms with Crippen molar-refractivity contribution in [1.82, 2.24) is 34.7 Å². The second-order valence-corrected chi connectivity index (χ2v) is 12.4. The average Bonchev–Trinajstić information content (AvgIpc) is 3.87. The van der Waals surface area contributed by atoms with Gasteiger partial charge in [-0.1, -0.05) is 12.5 Å². The molecule has 2 fully saturated rings. The third kappa shape index (κ3) is 6.47. The van der Waals surface area contributed by atoms with Crippen molar-refractivity contribution in [3.8, 4) is 0 Å². The summed E-state index contributed by atoms with van der Waals surface area (Å²) in [5, 5.41) is 14.0. The van der Waals surface area contributed by atoms with E-state index in [0.717, 1.165) is 53.5 Å².